The minimum atomic E-state index is -4.38. The highest BCUT2D eigenvalue weighted by atomic mass is 19.4. The van der Waals surface area contributed by atoms with Crippen molar-refractivity contribution in [2.24, 2.45) is 0 Å². The summed E-state index contributed by atoms with van der Waals surface area (Å²) in [5, 5.41) is 9.37. The lowest BCUT2D eigenvalue weighted by Gasteiger charge is -2.20. The van der Waals surface area contributed by atoms with Crippen molar-refractivity contribution in [2.75, 3.05) is 23.7 Å². The molecule has 0 spiro atoms. The van der Waals surface area contributed by atoms with E-state index in [0.717, 1.165) is 12.1 Å². The molecule has 0 bridgehead atoms. The number of aliphatic hydroxyl groups is 1. The van der Waals surface area contributed by atoms with Gasteiger partial charge in [-0.15, -0.1) is 0 Å². The number of β-amino-alcohol motifs (C(OH)–C–C–N with tert-alkyl or cyclic N) is 1. The second-order valence-corrected chi connectivity index (χ2v) is 4.16. The van der Waals surface area contributed by atoms with Crippen LogP contribution in [0, 0.1) is 0 Å². The summed E-state index contributed by atoms with van der Waals surface area (Å²) in [7, 11) is 0. The molecule has 1 aliphatic rings. The van der Waals surface area contributed by atoms with E-state index < -0.39 is 17.8 Å². The lowest BCUT2D eigenvalue weighted by atomic mass is 10.1. The zero-order valence-electron chi connectivity index (χ0n) is 9.04. The van der Waals surface area contributed by atoms with Gasteiger partial charge in [0.25, 0.3) is 0 Å². The number of hydrogen-bond acceptors (Lipinski definition) is 3. The molecule has 94 valence electrons. The van der Waals surface area contributed by atoms with Crippen molar-refractivity contribution in [3.05, 3.63) is 23.8 Å². The van der Waals surface area contributed by atoms with Crippen LogP contribution in [0.5, 0.6) is 0 Å². The SMILES string of the molecule is Nc1cc(C(F)(F)F)ccc1N1CCC(O)C1. The van der Waals surface area contributed by atoms with Gasteiger partial charge in [0.2, 0.25) is 0 Å². The Kier molecular flexibility index (Phi) is 2.91. The molecule has 1 aromatic rings. The molecule has 1 atom stereocenters. The number of nitrogens with two attached hydrogens (primary N) is 1. The number of hydrogen-bond donors (Lipinski definition) is 2. The number of benzene rings is 1. The van der Waals surface area contributed by atoms with E-state index in [1.807, 2.05) is 0 Å². The molecule has 1 saturated heterocycles. The van der Waals surface area contributed by atoms with E-state index in [-0.39, 0.29) is 5.69 Å². The molecule has 1 unspecified atom stereocenters. The van der Waals surface area contributed by atoms with Crippen LogP contribution < -0.4 is 10.6 Å². The number of nitrogen functional groups attached to an aromatic ring is 1. The van der Waals surface area contributed by atoms with E-state index in [9.17, 15) is 18.3 Å². The molecule has 1 fully saturated rings. The molecule has 0 aromatic heterocycles. The van der Waals surface area contributed by atoms with Crippen molar-refractivity contribution in [3.8, 4) is 0 Å². The molecule has 0 amide bonds. The minimum absolute atomic E-state index is 0.0916. The van der Waals surface area contributed by atoms with Crippen LogP contribution in [0.3, 0.4) is 0 Å². The molecule has 2 rings (SSSR count). The maximum Gasteiger partial charge on any atom is 0.416 e. The van der Waals surface area contributed by atoms with Crippen molar-refractivity contribution >= 4 is 11.4 Å². The van der Waals surface area contributed by atoms with Crippen molar-refractivity contribution < 1.29 is 18.3 Å². The monoisotopic (exact) mass is 246 g/mol. The van der Waals surface area contributed by atoms with E-state index in [1.165, 1.54) is 6.07 Å². The smallest absolute Gasteiger partial charge is 0.397 e. The average Bonchev–Trinajstić information content (AvgIpc) is 2.63. The molecule has 3 nitrogen and oxygen atoms in total. The summed E-state index contributed by atoms with van der Waals surface area (Å²) < 4.78 is 37.3. The fourth-order valence-electron chi connectivity index (χ4n) is 1.98. The Labute approximate surface area is 96.6 Å². The third kappa shape index (κ3) is 2.46. The maximum atomic E-state index is 12.4. The van der Waals surface area contributed by atoms with Crippen molar-refractivity contribution in [3.63, 3.8) is 0 Å². The molecular formula is C11H13F3N2O. The molecule has 17 heavy (non-hydrogen) atoms. The summed E-state index contributed by atoms with van der Waals surface area (Å²) in [5.74, 6) is 0. The summed E-state index contributed by atoms with van der Waals surface area (Å²) in [5.41, 5.74) is 5.51. The van der Waals surface area contributed by atoms with Crippen LogP contribution in [0.4, 0.5) is 24.5 Å². The van der Waals surface area contributed by atoms with Crippen LogP contribution in [0.1, 0.15) is 12.0 Å². The number of alkyl halides is 3. The lowest BCUT2D eigenvalue weighted by Crippen LogP contribution is -2.22. The van der Waals surface area contributed by atoms with Crippen LogP contribution in [-0.2, 0) is 6.18 Å². The first-order valence-corrected chi connectivity index (χ1v) is 5.27. The molecule has 3 N–H and O–H groups in total. The van der Waals surface area contributed by atoms with Gasteiger partial charge in [-0.1, -0.05) is 0 Å². The van der Waals surface area contributed by atoms with Crippen molar-refractivity contribution in [2.45, 2.75) is 18.7 Å². The van der Waals surface area contributed by atoms with Crippen LogP contribution >= 0.6 is 0 Å². The molecule has 0 radical (unpaired) electrons. The van der Waals surface area contributed by atoms with Crippen LogP contribution in [0.25, 0.3) is 0 Å². The van der Waals surface area contributed by atoms with Gasteiger partial charge in [-0.05, 0) is 24.6 Å². The van der Waals surface area contributed by atoms with Gasteiger partial charge in [0.05, 0.1) is 23.0 Å². The van der Waals surface area contributed by atoms with Gasteiger partial charge < -0.3 is 15.7 Å². The first kappa shape index (κ1) is 12.0. The number of anilines is 2. The molecule has 1 aliphatic heterocycles. The van der Waals surface area contributed by atoms with Crippen molar-refractivity contribution in [1.82, 2.24) is 0 Å². The first-order valence-electron chi connectivity index (χ1n) is 5.27. The highest BCUT2D eigenvalue weighted by Gasteiger charge is 2.31. The molecule has 1 heterocycles. The third-order valence-corrected chi connectivity index (χ3v) is 2.86. The first-order chi connectivity index (χ1) is 7.88. The second kappa shape index (κ2) is 4.10. The normalized spacial score (nSPS) is 20.9. The van der Waals surface area contributed by atoms with Gasteiger partial charge in [0.15, 0.2) is 0 Å². The number of rotatable bonds is 1. The zero-order chi connectivity index (χ0) is 12.6. The zero-order valence-corrected chi connectivity index (χ0v) is 9.04. The van der Waals surface area contributed by atoms with E-state index in [1.54, 1.807) is 4.90 Å². The third-order valence-electron chi connectivity index (χ3n) is 2.86. The van der Waals surface area contributed by atoms with Crippen LogP contribution in [0.2, 0.25) is 0 Å². The largest absolute Gasteiger partial charge is 0.416 e. The van der Waals surface area contributed by atoms with Crippen LogP contribution in [0.15, 0.2) is 18.2 Å². The Morgan fingerprint density at radius 1 is 1.35 bits per heavy atom. The Balaban J connectivity index is 2.26. The highest BCUT2D eigenvalue weighted by Crippen LogP contribution is 2.34. The predicted octanol–water partition coefficient (Wildman–Crippen LogP) is 1.86. The van der Waals surface area contributed by atoms with Gasteiger partial charge in [-0.2, -0.15) is 13.2 Å². The second-order valence-electron chi connectivity index (χ2n) is 4.16. The predicted molar refractivity (Wildman–Crippen MR) is 58.7 cm³/mol. The van der Waals surface area contributed by atoms with Gasteiger partial charge in [-0.25, -0.2) is 0 Å². The van der Waals surface area contributed by atoms with E-state index in [0.29, 0.717) is 25.2 Å². The lowest BCUT2D eigenvalue weighted by molar-refractivity contribution is -0.137. The molecule has 6 heteroatoms. The standard InChI is InChI=1S/C11H13F3N2O/c12-11(13,14)7-1-2-10(9(15)5-7)16-4-3-8(17)6-16/h1-2,5,8,17H,3-4,6,15H2. The number of aliphatic hydroxyl groups excluding tert-OH is 1. The van der Waals surface area contributed by atoms with Crippen LogP contribution in [-0.4, -0.2) is 24.3 Å². The molecule has 1 aromatic carbocycles. The van der Waals surface area contributed by atoms with Gasteiger partial charge in [0, 0.05) is 13.1 Å². The summed E-state index contributed by atoms with van der Waals surface area (Å²) in [4.78, 5) is 1.79. The fourth-order valence-corrected chi connectivity index (χ4v) is 1.98. The summed E-state index contributed by atoms with van der Waals surface area (Å²) in [6.07, 6.45) is -4.20. The van der Waals surface area contributed by atoms with Gasteiger partial charge in [0.1, 0.15) is 0 Å². The molecule has 0 saturated carbocycles. The van der Waals surface area contributed by atoms with E-state index in [2.05, 4.69) is 0 Å². The summed E-state index contributed by atoms with van der Waals surface area (Å²) in [6, 6.07) is 3.30. The Morgan fingerprint density at radius 2 is 2.06 bits per heavy atom. The van der Waals surface area contributed by atoms with Crippen molar-refractivity contribution in [1.29, 1.82) is 0 Å². The van der Waals surface area contributed by atoms with Gasteiger partial charge >= 0.3 is 6.18 Å². The molecular weight excluding hydrogens is 233 g/mol. The Morgan fingerprint density at radius 3 is 2.53 bits per heavy atom. The van der Waals surface area contributed by atoms with E-state index >= 15 is 0 Å². The summed E-state index contributed by atoms with van der Waals surface area (Å²) >= 11 is 0. The topological polar surface area (TPSA) is 49.5 Å². The van der Waals surface area contributed by atoms with E-state index in [4.69, 9.17) is 5.73 Å². The Bertz CT molecular complexity index is 420. The number of halogens is 3. The maximum absolute atomic E-state index is 12.4. The average molecular weight is 246 g/mol. The Hall–Kier alpha value is -1.43. The minimum Gasteiger partial charge on any atom is -0.397 e. The summed E-state index contributed by atoms with van der Waals surface area (Å²) in [6.45, 7) is 1.02. The molecule has 0 aliphatic carbocycles. The quantitative estimate of drug-likeness (QED) is 0.743. The fraction of sp³-hybridized carbons (Fsp3) is 0.455. The highest BCUT2D eigenvalue weighted by molar-refractivity contribution is 5.69. The van der Waals surface area contributed by atoms with Gasteiger partial charge in [-0.3, -0.25) is 0 Å². The number of nitrogens with zero attached hydrogens (tertiary/aromatic N) is 1.